The summed E-state index contributed by atoms with van der Waals surface area (Å²) in [4.78, 5) is 34.8. The minimum atomic E-state index is -1.40. The molecule has 0 saturated heterocycles. The van der Waals surface area contributed by atoms with Crippen molar-refractivity contribution in [3.8, 4) is 0 Å². The van der Waals surface area contributed by atoms with Crippen LogP contribution in [0, 0.1) is 5.41 Å². The predicted octanol–water partition coefficient (Wildman–Crippen LogP) is 1.54. The molecule has 2 N–H and O–H groups in total. The highest BCUT2D eigenvalue weighted by Crippen LogP contribution is 2.45. The summed E-state index contributed by atoms with van der Waals surface area (Å²) in [7, 11) is 0. The van der Waals surface area contributed by atoms with E-state index in [2.05, 4.69) is 0 Å². The zero-order chi connectivity index (χ0) is 13.3. The Morgan fingerprint density at radius 2 is 1.61 bits per heavy atom. The number of aliphatic carboxylic acids is 1. The second-order valence-corrected chi connectivity index (χ2v) is 4.73. The Bertz CT molecular complexity index is 478. The number of carboxylic acids is 1. The Balaban J connectivity index is 2.55. The van der Waals surface area contributed by atoms with Crippen molar-refractivity contribution in [3.63, 3.8) is 0 Å². The summed E-state index contributed by atoms with van der Waals surface area (Å²) in [6.07, 6.45) is 4.84. The maximum Gasteiger partial charge on any atom is 0.314 e. The molecule has 0 radical (unpaired) electrons. The van der Waals surface area contributed by atoms with Gasteiger partial charge in [-0.05, 0) is 25.0 Å². The van der Waals surface area contributed by atoms with Gasteiger partial charge < -0.3 is 10.2 Å². The Morgan fingerprint density at radius 1 is 1.06 bits per heavy atom. The van der Waals surface area contributed by atoms with Crippen LogP contribution < -0.4 is 0 Å². The van der Waals surface area contributed by atoms with Crippen LogP contribution in [0.15, 0.2) is 23.5 Å². The lowest BCUT2D eigenvalue weighted by Crippen LogP contribution is -2.40. The quantitative estimate of drug-likeness (QED) is 0.725. The lowest BCUT2D eigenvalue weighted by Gasteiger charge is -2.35. The van der Waals surface area contributed by atoms with E-state index in [1.807, 2.05) is 0 Å². The Labute approximate surface area is 104 Å². The fraction of sp³-hybridized carbons (Fsp3) is 0.462. The number of aliphatic hydroxyl groups excluding tert-OH is 1. The van der Waals surface area contributed by atoms with Crippen LogP contribution in [0.4, 0.5) is 0 Å². The van der Waals surface area contributed by atoms with Crippen LogP contribution in [0.2, 0.25) is 0 Å². The maximum atomic E-state index is 11.8. The number of carbonyl (C=O) groups is 3. The molecule has 0 aliphatic heterocycles. The van der Waals surface area contributed by atoms with E-state index in [1.54, 1.807) is 0 Å². The minimum absolute atomic E-state index is 0.234. The number of carbonyl (C=O) groups excluding carboxylic acids is 2. The summed E-state index contributed by atoms with van der Waals surface area (Å²) in [5, 5.41) is 19.2. The van der Waals surface area contributed by atoms with Gasteiger partial charge in [-0.25, -0.2) is 0 Å². The van der Waals surface area contributed by atoms with Gasteiger partial charge in [0.2, 0.25) is 5.78 Å². The molecule has 0 aromatic rings. The molecule has 2 rings (SSSR count). The summed E-state index contributed by atoms with van der Waals surface area (Å²) >= 11 is 0. The van der Waals surface area contributed by atoms with Gasteiger partial charge in [0, 0.05) is 0 Å². The molecule has 1 fully saturated rings. The van der Waals surface area contributed by atoms with Gasteiger partial charge >= 0.3 is 5.97 Å². The third-order valence-electron chi connectivity index (χ3n) is 3.70. The standard InChI is InChI=1S/C13H14O5/c14-8-4-5-9(15)11(16)10(8)13(12(17)18)6-2-1-3-7-13/h4-5,16H,1-3,6-7H2,(H,17,18). The summed E-state index contributed by atoms with van der Waals surface area (Å²) in [6, 6.07) is 0. The first kappa shape index (κ1) is 12.5. The topological polar surface area (TPSA) is 91.7 Å². The number of ketones is 2. The molecule has 18 heavy (non-hydrogen) atoms. The molecule has 0 amide bonds. The van der Waals surface area contributed by atoms with Crippen molar-refractivity contribution < 1.29 is 24.6 Å². The van der Waals surface area contributed by atoms with Crippen LogP contribution in [-0.4, -0.2) is 27.7 Å². The van der Waals surface area contributed by atoms with E-state index < -0.39 is 28.7 Å². The van der Waals surface area contributed by atoms with Crippen LogP contribution >= 0.6 is 0 Å². The molecule has 0 bridgehead atoms. The molecule has 2 aliphatic rings. The minimum Gasteiger partial charge on any atom is -0.504 e. The first-order valence-electron chi connectivity index (χ1n) is 5.93. The molecule has 0 aromatic heterocycles. The molecule has 0 atom stereocenters. The van der Waals surface area contributed by atoms with Crippen molar-refractivity contribution in [2.45, 2.75) is 32.1 Å². The Morgan fingerprint density at radius 3 is 2.17 bits per heavy atom. The monoisotopic (exact) mass is 250 g/mol. The third-order valence-corrected chi connectivity index (χ3v) is 3.70. The van der Waals surface area contributed by atoms with E-state index in [-0.39, 0.29) is 18.4 Å². The molecule has 2 aliphatic carbocycles. The highest BCUT2D eigenvalue weighted by atomic mass is 16.4. The zero-order valence-corrected chi connectivity index (χ0v) is 9.81. The fourth-order valence-corrected chi connectivity index (χ4v) is 2.74. The molecule has 0 aromatic carbocycles. The first-order valence-corrected chi connectivity index (χ1v) is 5.93. The van der Waals surface area contributed by atoms with Crippen LogP contribution in [0.3, 0.4) is 0 Å². The van der Waals surface area contributed by atoms with Gasteiger partial charge in [0.25, 0.3) is 0 Å². The SMILES string of the molecule is O=C1C=CC(=O)C(C2(C(=O)O)CCCCC2)=C1O. The van der Waals surface area contributed by atoms with Gasteiger partial charge in [0.05, 0.1) is 5.57 Å². The van der Waals surface area contributed by atoms with Crippen molar-refractivity contribution >= 4 is 17.5 Å². The number of allylic oxidation sites excluding steroid dienone is 2. The summed E-state index contributed by atoms with van der Waals surface area (Å²) in [5.41, 5.74) is -1.64. The molecule has 5 nitrogen and oxygen atoms in total. The lowest BCUT2D eigenvalue weighted by molar-refractivity contribution is -0.149. The van der Waals surface area contributed by atoms with Crippen molar-refractivity contribution in [2.75, 3.05) is 0 Å². The molecular formula is C13H14O5. The van der Waals surface area contributed by atoms with Gasteiger partial charge in [-0.15, -0.1) is 0 Å². The highest BCUT2D eigenvalue weighted by molar-refractivity contribution is 6.21. The highest BCUT2D eigenvalue weighted by Gasteiger charge is 2.48. The lowest BCUT2D eigenvalue weighted by atomic mass is 9.66. The van der Waals surface area contributed by atoms with Crippen molar-refractivity contribution in [2.24, 2.45) is 5.41 Å². The Kier molecular flexibility index (Phi) is 3.07. The normalized spacial score (nSPS) is 23.3. The van der Waals surface area contributed by atoms with Crippen LogP contribution in [-0.2, 0) is 14.4 Å². The van der Waals surface area contributed by atoms with Gasteiger partial charge in [-0.1, -0.05) is 19.3 Å². The molecular weight excluding hydrogens is 236 g/mol. The smallest absolute Gasteiger partial charge is 0.314 e. The summed E-state index contributed by atoms with van der Waals surface area (Å²) in [6.45, 7) is 0. The summed E-state index contributed by atoms with van der Waals surface area (Å²) in [5.74, 6) is -3.11. The van der Waals surface area contributed by atoms with Crippen molar-refractivity contribution in [1.29, 1.82) is 0 Å². The fourth-order valence-electron chi connectivity index (χ4n) is 2.74. The molecule has 0 spiro atoms. The first-order chi connectivity index (χ1) is 8.49. The Hall–Kier alpha value is -1.91. The molecule has 0 heterocycles. The maximum absolute atomic E-state index is 11.8. The average Bonchev–Trinajstić information content (AvgIpc) is 2.35. The summed E-state index contributed by atoms with van der Waals surface area (Å²) < 4.78 is 0. The van der Waals surface area contributed by atoms with E-state index in [1.165, 1.54) is 0 Å². The van der Waals surface area contributed by atoms with E-state index in [0.717, 1.165) is 18.6 Å². The van der Waals surface area contributed by atoms with Crippen molar-refractivity contribution in [3.05, 3.63) is 23.5 Å². The van der Waals surface area contributed by atoms with E-state index >= 15 is 0 Å². The number of aliphatic hydroxyl groups is 1. The molecule has 0 unspecified atom stereocenters. The zero-order valence-electron chi connectivity index (χ0n) is 9.81. The molecule has 5 heteroatoms. The predicted molar refractivity (Wildman–Crippen MR) is 62.0 cm³/mol. The number of hydrogen-bond acceptors (Lipinski definition) is 4. The van der Waals surface area contributed by atoms with E-state index in [9.17, 15) is 24.6 Å². The number of hydrogen-bond donors (Lipinski definition) is 2. The van der Waals surface area contributed by atoms with Gasteiger partial charge in [-0.3, -0.25) is 14.4 Å². The van der Waals surface area contributed by atoms with Crippen LogP contribution in [0.1, 0.15) is 32.1 Å². The van der Waals surface area contributed by atoms with Gasteiger partial charge in [0.15, 0.2) is 11.5 Å². The second-order valence-electron chi connectivity index (χ2n) is 4.73. The number of rotatable bonds is 2. The van der Waals surface area contributed by atoms with E-state index in [0.29, 0.717) is 12.8 Å². The molecule has 96 valence electrons. The van der Waals surface area contributed by atoms with Gasteiger partial charge in [0.1, 0.15) is 5.41 Å². The van der Waals surface area contributed by atoms with Gasteiger partial charge in [-0.2, -0.15) is 0 Å². The molecule has 1 saturated carbocycles. The third kappa shape index (κ3) is 1.75. The average molecular weight is 250 g/mol. The van der Waals surface area contributed by atoms with Crippen LogP contribution in [0.25, 0.3) is 0 Å². The van der Waals surface area contributed by atoms with Crippen molar-refractivity contribution in [1.82, 2.24) is 0 Å². The second kappa shape index (κ2) is 4.40. The largest absolute Gasteiger partial charge is 0.504 e. The number of carboxylic acid groups (broad SMARTS) is 1. The van der Waals surface area contributed by atoms with Crippen LogP contribution in [0.5, 0.6) is 0 Å². The van der Waals surface area contributed by atoms with E-state index in [4.69, 9.17) is 0 Å².